The van der Waals surface area contributed by atoms with Crippen molar-refractivity contribution in [3.05, 3.63) is 0 Å². The van der Waals surface area contributed by atoms with Crippen LogP contribution >= 0.6 is 0 Å². The Kier molecular flexibility index (Phi) is 3.71. The Morgan fingerprint density at radius 3 is 2.54 bits per heavy atom. The van der Waals surface area contributed by atoms with E-state index in [9.17, 15) is 0 Å². The van der Waals surface area contributed by atoms with Crippen molar-refractivity contribution in [2.75, 3.05) is 26.8 Å². The first-order chi connectivity index (χ1) is 6.11. The van der Waals surface area contributed by atoms with Gasteiger partial charge in [0, 0.05) is 25.2 Å². The lowest BCUT2D eigenvalue weighted by Crippen LogP contribution is -2.45. The lowest BCUT2D eigenvalue weighted by Gasteiger charge is -2.29. The summed E-state index contributed by atoms with van der Waals surface area (Å²) < 4.78 is 5.14. The highest BCUT2D eigenvalue weighted by Crippen LogP contribution is 2.33. The molecule has 0 bridgehead atoms. The molecule has 0 aliphatic heterocycles. The summed E-state index contributed by atoms with van der Waals surface area (Å²) in [6.45, 7) is 7.25. The zero-order valence-electron chi connectivity index (χ0n) is 9.05. The van der Waals surface area contributed by atoms with Crippen LogP contribution in [0.4, 0.5) is 0 Å². The van der Waals surface area contributed by atoms with Crippen LogP contribution in [-0.2, 0) is 4.74 Å². The van der Waals surface area contributed by atoms with E-state index in [-0.39, 0.29) is 5.54 Å². The maximum Gasteiger partial charge on any atom is 0.0615 e. The molecular weight excluding hydrogens is 164 g/mol. The highest BCUT2D eigenvalue weighted by Gasteiger charge is 2.40. The first-order valence-corrected chi connectivity index (χ1v) is 5.13. The quantitative estimate of drug-likeness (QED) is 0.668. The Balaban J connectivity index is 2.32. The molecule has 1 saturated carbocycles. The minimum Gasteiger partial charge on any atom is -0.383 e. The Bertz CT molecular complexity index is 157. The van der Waals surface area contributed by atoms with Gasteiger partial charge in [-0.15, -0.1) is 0 Å². The number of nitrogens with two attached hydrogens (primary N) is 1. The summed E-state index contributed by atoms with van der Waals surface area (Å²) in [5, 5.41) is 0. The fraction of sp³-hybridized carbons (Fsp3) is 1.00. The number of ether oxygens (including phenoxy) is 1. The van der Waals surface area contributed by atoms with Gasteiger partial charge in [0.05, 0.1) is 6.61 Å². The summed E-state index contributed by atoms with van der Waals surface area (Å²) in [6.07, 6.45) is 2.37. The molecule has 78 valence electrons. The van der Waals surface area contributed by atoms with Crippen LogP contribution in [0.1, 0.15) is 26.7 Å². The van der Waals surface area contributed by atoms with E-state index in [4.69, 9.17) is 10.5 Å². The minimum atomic E-state index is 0.123. The van der Waals surface area contributed by atoms with Crippen LogP contribution in [0.5, 0.6) is 0 Å². The Hall–Kier alpha value is -0.120. The van der Waals surface area contributed by atoms with Crippen LogP contribution in [0.2, 0.25) is 0 Å². The maximum absolute atomic E-state index is 6.07. The molecule has 0 saturated heterocycles. The van der Waals surface area contributed by atoms with Crippen molar-refractivity contribution in [1.29, 1.82) is 0 Å². The summed E-state index contributed by atoms with van der Waals surface area (Å²) in [7, 11) is 1.75. The van der Waals surface area contributed by atoms with Crippen molar-refractivity contribution in [3.8, 4) is 0 Å². The van der Waals surface area contributed by atoms with Crippen molar-refractivity contribution < 1.29 is 4.74 Å². The zero-order valence-corrected chi connectivity index (χ0v) is 9.05. The molecule has 1 aliphatic rings. The van der Waals surface area contributed by atoms with E-state index in [1.807, 2.05) is 0 Å². The first-order valence-electron chi connectivity index (χ1n) is 5.13. The van der Waals surface area contributed by atoms with Crippen LogP contribution in [-0.4, -0.2) is 43.3 Å². The molecule has 0 radical (unpaired) electrons. The molecule has 0 aromatic rings. The van der Waals surface area contributed by atoms with Crippen molar-refractivity contribution in [2.24, 2.45) is 5.73 Å². The third-order valence-corrected chi connectivity index (χ3v) is 2.85. The molecule has 0 aromatic carbocycles. The summed E-state index contributed by atoms with van der Waals surface area (Å²) in [6, 6.07) is 0.482. The molecule has 3 heteroatoms. The van der Waals surface area contributed by atoms with Crippen LogP contribution in [0.25, 0.3) is 0 Å². The normalized spacial score (nSPS) is 21.9. The molecule has 1 rings (SSSR count). The van der Waals surface area contributed by atoms with Gasteiger partial charge in [0.1, 0.15) is 0 Å². The lowest BCUT2D eigenvalue weighted by molar-refractivity contribution is 0.0968. The molecule has 2 N–H and O–H groups in total. The van der Waals surface area contributed by atoms with Gasteiger partial charge in [0.2, 0.25) is 0 Å². The second kappa shape index (κ2) is 4.40. The second-order valence-corrected chi connectivity index (χ2v) is 4.23. The number of hydrogen-bond donors (Lipinski definition) is 1. The van der Waals surface area contributed by atoms with E-state index in [2.05, 4.69) is 18.7 Å². The van der Waals surface area contributed by atoms with Crippen molar-refractivity contribution in [1.82, 2.24) is 4.90 Å². The molecule has 1 atom stereocenters. The molecule has 0 heterocycles. The number of methoxy groups -OCH3 is 1. The molecule has 1 aliphatic carbocycles. The highest BCUT2D eigenvalue weighted by molar-refractivity contribution is 5.01. The summed E-state index contributed by atoms with van der Waals surface area (Å²) in [5.74, 6) is 0. The van der Waals surface area contributed by atoms with Gasteiger partial charge in [-0.2, -0.15) is 0 Å². The minimum absolute atomic E-state index is 0.123. The van der Waals surface area contributed by atoms with E-state index in [0.717, 1.165) is 19.7 Å². The average Bonchev–Trinajstić information content (AvgIpc) is 2.81. The van der Waals surface area contributed by atoms with Gasteiger partial charge in [0.15, 0.2) is 0 Å². The summed E-state index contributed by atoms with van der Waals surface area (Å²) in [4.78, 5) is 2.40. The zero-order chi connectivity index (χ0) is 9.90. The molecule has 1 fully saturated rings. The predicted molar refractivity (Wildman–Crippen MR) is 54.7 cm³/mol. The van der Waals surface area contributed by atoms with Gasteiger partial charge in [-0.3, -0.25) is 4.90 Å². The van der Waals surface area contributed by atoms with Gasteiger partial charge in [0.25, 0.3) is 0 Å². The van der Waals surface area contributed by atoms with E-state index in [1.54, 1.807) is 7.11 Å². The molecule has 3 nitrogen and oxygen atoms in total. The van der Waals surface area contributed by atoms with Gasteiger partial charge in [-0.25, -0.2) is 0 Å². The summed E-state index contributed by atoms with van der Waals surface area (Å²) in [5.41, 5.74) is 6.20. The van der Waals surface area contributed by atoms with Crippen molar-refractivity contribution in [2.45, 2.75) is 38.3 Å². The fourth-order valence-electron chi connectivity index (χ4n) is 1.65. The standard InChI is InChI=1S/C10H22N2O/c1-4-12(9(2)7-13-3)8-10(11)5-6-10/h9H,4-8,11H2,1-3H3. The Morgan fingerprint density at radius 1 is 1.54 bits per heavy atom. The largest absolute Gasteiger partial charge is 0.383 e. The van der Waals surface area contributed by atoms with Gasteiger partial charge < -0.3 is 10.5 Å². The van der Waals surface area contributed by atoms with Crippen molar-refractivity contribution >= 4 is 0 Å². The monoisotopic (exact) mass is 186 g/mol. The molecular formula is C10H22N2O. The number of nitrogens with zero attached hydrogens (tertiary/aromatic N) is 1. The number of hydrogen-bond acceptors (Lipinski definition) is 3. The molecule has 1 unspecified atom stereocenters. The van der Waals surface area contributed by atoms with Crippen LogP contribution in [0, 0.1) is 0 Å². The maximum atomic E-state index is 6.07. The van der Waals surface area contributed by atoms with Gasteiger partial charge in [-0.1, -0.05) is 6.92 Å². The van der Waals surface area contributed by atoms with E-state index in [0.29, 0.717) is 6.04 Å². The molecule has 13 heavy (non-hydrogen) atoms. The first kappa shape index (κ1) is 11.0. The van der Waals surface area contributed by atoms with Crippen LogP contribution in [0.3, 0.4) is 0 Å². The lowest BCUT2D eigenvalue weighted by atomic mass is 10.2. The highest BCUT2D eigenvalue weighted by atomic mass is 16.5. The SMILES string of the molecule is CCN(CC1(N)CC1)C(C)COC. The molecule has 0 aromatic heterocycles. The number of rotatable bonds is 6. The van der Waals surface area contributed by atoms with Crippen molar-refractivity contribution in [3.63, 3.8) is 0 Å². The topological polar surface area (TPSA) is 38.5 Å². The van der Waals surface area contributed by atoms with E-state index in [1.165, 1.54) is 12.8 Å². The van der Waals surface area contributed by atoms with E-state index < -0.39 is 0 Å². The number of likely N-dealkylation sites (N-methyl/N-ethyl adjacent to an activating group) is 1. The van der Waals surface area contributed by atoms with Gasteiger partial charge in [-0.05, 0) is 26.3 Å². The third-order valence-electron chi connectivity index (χ3n) is 2.85. The Labute approximate surface area is 81.2 Å². The van der Waals surface area contributed by atoms with E-state index >= 15 is 0 Å². The third kappa shape index (κ3) is 3.25. The van der Waals surface area contributed by atoms with Gasteiger partial charge >= 0.3 is 0 Å². The molecule has 0 amide bonds. The summed E-state index contributed by atoms with van der Waals surface area (Å²) >= 11 is 0. The van der Waals surface area contributed by atoms with Crippen LogP contribution in [0.15, 0.2) is 0 Å². The molecule has 0 spiro atoms. The Morgan fingerprint density at radius 2 is 2.15 bits per heavy atom. The smallest absolute Gasteiger partial charge is 0.0615 e. The fourth-order valence-corrected chi connectivity index (χ4v) is 1.65. The average molecular weight is 186 g/mol. The predicted octanol–water partition coefficient (Wildman–Crippen LogP) is 0.834. The van der Waals surface area contributed by atoms with Crippen LogP contribution < -0.4 is 5.73 Å². The second-order valence-electron chi connectivity index (χ2n) is 4.23.